The Morgan fingerprint density at radius 2 is 1.75 bits per heavy atom. The van der Waals surface area contributed by atoms with Crippen molar-refractivity contribution in [3.63, 3.8) is 0 Å². The third-order valence-corrected chi connectivity index (χ3v) is 6.40. The van der Waals surface area contributed by atoms with E-state index in [4.69, 9.17) is 4.42 Å². The summed E-state index contributed by atoms with van der Waals surface area (Å²) in [5.74, 6) is -1.29. The maximum atomic E-state index is 13.5. The van der Waals surface area contributed by atoms with Gasteiger partial charge in [0.05, 0.1) is 11.3 Å². The molecule has 7 nitrogen and oxygen atoms in total. The third-order valence-electron chi connectivity index (χ3n) is 5.56. The smallest absolute Gasteiger partial charge is 0.255 e. The lowest BCUT2D eigenvalue weighted by molar-refractivity contribution is 0.0959. The van der Waals surface area contributed by atoms with E-state index in [0.29, 0.717) is 38.8 Å². The van der Waals surface area contributed by atoms with Gasteiger partial charge >= 0.3 is 0 Å². The van der Waals surface area contributed by atoms with Crippen LogP contribution in [0, 0.1) is 5.82 Å². The van der Waals surface area contributed by atoms with Crippen LogP contribution in [0.25, 0.3) is 33.4 Å². The molecule has 0 unspecified atom stereocenters. The average molecular weight is 507 g/mol. The van der Waals surface area contributed by atoms with Gasteiger partial charge in [-0.05, 0) is 71.4 Å². The van der Waals surface area contributed by atoms with Gasteiger partial charge in [0.25, 0.3) is 11.8 Å². The first-order valence-electron chi connectivity index (χ1n) is 10.9. The molecule has 36 heavy (non-hydrogen) atoms. The first-order chi connectivity index (χ1) is 17.1. The van der Waals surface area contributed by atoms with Crippen molar-refractivity contribution in [3.05, 3.63) is 96.0 Å². The summed E-state index contributed by atoms with van der Waals surface area (Å²) >= 11 is 0. The number of hydrogen-bond acceptors (Lipinski definition) is 5. The van der Waals surface area contributed by atoms with Gasteiger partial charge < -0.3 is 15.1 Å². The molecule has 2 amide bonds. The summed E-state index contributed by atoms with van der Waals surface area (Å²) in [5, 5.41) is 5.56. The second-order valence-electron chi connectivity index (χ2n) is 8.23. The summed E-state index contributed by atoms with van der Waals surface area (Å²) in [4.78, 5) is 25.3. The molecule has 0 saturated carbocycles. The molecule has 0 bridgehead atoms. The van der Waals surface area contributed by atoms with Gasteiger partial charge in [-0.2, -0.15) is 0 Å². The highest BCUT2D eigenvalue weighted by molar-refractivity contribution is 7.89. The van der Waals surface area contributed by atoms with E-state index in [1.807, 2.05) is 0 Å². The minimum Gasteiger partial charge on any atom is -0.455 e. The lowest BCUT2D eigenvalue weighted by Gasteiger charge is -2.11. The van der Waals surface area contributed by atoms with E-state index in [9.17, 15) is 22.4 Å². The fourth-order valence-electron chi connectivity index (χ4n) is 4.01. The molecule has 0 saturated heterocycles. The summed E-state index contributed by atoms with van der Waals surface area (Å²) in [5.41, 5.74) is 2.92. The summed E-state index contributed by atoms with van der Waals surface area (Å²) in [7, 11) is -1.97. The number of hydrogen-bond donors (Lipinski definition) is 2. The van der Waals surface area contributed by atoms with E-state index in [2.05, 4.69) is 17.2 Å². The molecule has 2 N–H and O–H groups in total. The molecule has 4 aromatic rings. The van der Waals surface area contributed by atoms with Crippen LogP contribution in [0.15, 0.2) is 77.9 Å². The van der Waals surface area contributed by atoms with Gasteiger partial charge in [-0.15, -0.1) is 0 Å². The Morgan fingerprint density at radius 1 is 1.03 bits per heavy atom. The van der Waals surface area contributed by atoms with Gasteiger partial charge in [0.1, 0.15) is 17.2 Å². The molecule has 0 aliphatic heterocycles. The highest BCUT2D eigenvalue weighted by atomic mass is 32.2. The van der Waals surface area contributed by atoms with Crippen molar-refractivity contribution in [2.45, 2.75) is 5.75 Å². The van der Waals surface area contributed by atoms with Crippen LogP contribution in [-0.4, -0.2) is 33.5 Å². The fraction of sp³-hybridized carbons (Fsp3) is 0.111. The van der Waals surface area contributed by atoms with Crippen molar-refractivity contribution in [2.75, 3.05) is 13.3 Å². The van der Waals surface area contributed by atoms with Gasteiger partial charge in [0.2, 0.25) is 0 Å². The Hall–Kier alpha value is -4.24. The molecule has 0 atom stereocenters. The highest BCUT2D eigenvalue weighted by Crippen LogP contribution is 2.38. The molecule has 9 heteroatoms. The number of rotatable bonds is 7. The van der Waals surface area contributed by atoms with Crippen molar-refractivity contribution in [2.24, 2.45) is 0 Å². The zero-order valence-corrected chi connectivity index (χ0v) is 20.4. The lowest BCUT2D eigenvalue weighted by Crippen LogP contribution is -2.18. The number of carbonyl (C=O) groups excluding carboxylic acids is 2. The molecular formula is C27H23FN2O5S. The Labute approximate surface area is 207 Å². The first-order valence-corrected chi connectivity index (χ1v) is 12.9. The van der Waals surface area contributed by atoms with E-state index in [1.54, 1.807) is 36.4 Å². The van der Waals surface area contributed by atoms with Crippen molar-refractivity contribution in [3.8, 4) is 22.5 Å². The molecule has 4 rings (SSSR count). The fourth-order valence-corrected chi connectivity index (χ4v) is 4.82. The van der Waals surface area contributed by atoms with Crippen molar-refractivity contribution in [1.29, 1.82) is 0 Å². The zero-order chi connectivity index (χ0) is 26.0. The summed E-state index contributed by atoms with van der Waals surface area (Å²) in [6, 6.07) is 15.5. The second kappa shape index (κ2) is 9.79. The molecule has 0 aliphatic rings. The minimum atomic E-state index is -3.45. The monoisotopic (exact) mass is 506 g/mol. The lowest BCUT2D eigenvalue weighted by atomic mass is 9.95. The van der Waals surface area contributed by atoms with E-state index in [1.165, 1.54) is 37.5 Å². The zero-order valence-electron chi connectivity index (χ0n) is 19.6. The number of amides is 2. The van der Waals surface area contributed by atoms with E-state index in [0.717, 1.165) is 6.26 Å². The van der Waals surface area contributed by atoms with Crippen LogP contribution < -0.4 is 10.6 Å². The number of fused-ring (bicyclic) bond motifs is 1. The number of furan rings is 1. The maximum Gasteiger partial charge on any atom is 0.255 e. The summed E-state index contributed by atoms with van der Waals surface area (Å²) in [6.45, 7) is 3.49. The average Bonchev–Trinajstić information content (AvgIpc) is 3.21. The van der Waals surface area contributed by atoms with Gasteiger partial charge in [0.15, 0.2) is 9.84 Å². The van der Waals surface area contributed by atoms with Crippen LogP contribution >= 0.6 is 0 Å². The molecular weight excluding hydrogens is 483 g/mol. The summed E-state index contributed by atoms with van der Waals surface area (Å²) in [6.07, 6.45) is 2.39. The van der Waals surface area contributed by atoms with E-state index in [-0.39, 0.29) is 23.0 Å². The minimum absolute atomic E-state index is 0.228. The number of nitrogens with one attached hydrogen (secondary N) is 2. The van der Waals surface area contributed by atoms with Crippen LogP contribution in [0.1, 0.15) is 26.3 Å². The molecule has 0 fully saturated rings. The molecule has 0 aliphatic carbocycles. The van der Waals surface area contributed by atoms with Gasteiger partial charge in [-0.1, -0.05) is 18.7 Å². The van der Waals surface area contributed by atoms with Gasteiger partial charge in [-0.25, -0.2) is 12.8 Å². The molecule has 1 heterocycles. The summed E-state index contributed by atoms with van der Waals surface area (Å²) < 4.78 is 44.1. The third kappa shape index (κ3) is 5.06. The Balaban J connectivity index is 2.01. The Kier molecular flexibility index (Phi) is 6.76. The van der Waals surface area contributed by atoms with Crippen LogP contribution in [0.2, 0.25) is 0 Å². The molecule has 184 valence electrons. The molecule has 1 aromatic heterocycles. The number of benzene rings is 3. The molecule has 0 spiro atoms. The predicted octanol–water partition coefficient (Wildman–Crippen LogP) is 4.68. The number of carbonyl (C=O) groups is 2. The topological polar surface area (TPSA) is 105 Å². The van der Waals surface area contributed by atoms with Crippen molar-refractivity contribution < 1.29 is 26.8 Å². The maximum absolute atomic E-state index is 13.5. The van der Waals surface area contributed by atoms with Gasteiger partial charge in [0, 0.05) is 29.8 Å². The normalized spacial score (nSPS) is 11.3. The Bertz CT molecular complexity index is 1610. The quantitative estimate of drug-likeness (QED) is 0.379. The first kappa shape index (κ1) is 24.9. The van der Waals surface area contributed by atoms with Gasteiger partial charge in [-0.3, -0.25) is 9.59 Å². The van der Waals surface area contributed by atoms with Crippen molar-refractivity contribution in [1.82, 2.24) is 10.6 Å². The molecule has 0 radical (unpaired) electrons. The van der Waals surface area contributed by atoms with Crippen LogP contribution in [0.4, 0.5) is 4.39 Å². The van der Waals surface area contributed by atoms with Crippen molar-refractivity contribution >= 4 is 32.6 Å². The largest absolute Gasteiger partial charge is 0.455 e. The van der Waals surface area contributed by atoms with Crippen LogP contribution in [-0.2, 0) is 15.6 Å². The molecule has 3 aromatic carbocycles. The standard InChI is InChI=1S/C27H23FN2O5S/c1-4-30-26(31)18-7-5-6-17(12-18)21-14-22-23(13-19(21)15-36(3,33)34)35-25(24(22)27(32)29-2)16-8-10-20(28)11-9-16/h4-14H,1,15H2,2-3H3,(H,29,32)(H,30,31). The number of halogens is 1. The Morgan fingerprint density at radius 3 is 2.39 bits per heavy atom. The van der Waals surface area contributed by atoms with E-state index < -0.39 is 21.6 Å². The highest BCUT2D eigenvalue weighted by Gasteiger charge is 2.24. The van der Waals surface area contributed by atoms with Crippen LogP contribution in [0.3, 0.4) is 0 Å². The SMILES string of the molecule is C=CNC(=O)c1cccc(-c2cc3c(C(=O)NC)c(-c4ccc(F)cc4)oc3cc2CS(C)(=O)=O)c1. The van der Waals surface area contributed by atoms with E-state index >= 15 is 0 Å². The second-order valence-corrected chi connectivity index (χ2v) is 10.4. The predicted molar refractivity (Wildman–Crippen MR) is 137 cm³/mol. The number of sulfone groups is 1. The van der Waals surface area contributed by atoms with Crippen LogP contribution in [0.5, 0.6) is 0 Å².